The Morgan fingerprint density at radius 3 is 3.06 bits per heavy atom. The minimum Gasteiger partial charge on any atom is -0.338 e. The van der Waals surface area contributed by atoms with Crippen molar-refractivity contribution in [1.82, 2.24) is 25.6 Å². The summed E-state index contributed by atoms with van der Waals surface area (Å²) in [5.74, 6) is 2.08. The average molecular weight is 241 g/mol. The predicted octanol–water partition coefficient (Wildman–Crippen LogP) is 0.106. The van der Waals surface area contributed by atoms with Crippen molar-refractivity contribution >= 4 is 17.8 Å². The van der Waals surface area contributed by atoms with Gasteiger partial charge in [-0.05, 0) is 0 Å². The molecule has 2 N–H and O–H groups in total. The van der Waals surface area contributed by atoms with Crippen LogP contribution in [0.4, 0.5) is 4.79 Å². The molecule has 2 amide bonds. The summed E-state index contributed by atoms with van der Waals surface area (Å²) in [6, 6.07) is 0.0313. The van der Waals surface area contributed by atoms with Crippen molar-refractivity contribution < 1.29 is 4.79 Å². The molecule has 1 aromatic heterocycles. The van der Waals surface area contributed by atoms with Gasteiger partial charge >= 0.3 is 6.03 Å². The molecular weight excluding hydrogens is 226 g/mol. The van der Waals surface area contributed by atoms with Gasteiger partial charge in [0.05, 0.1) is 11.9 Å². The fraction of sp³-hybridized carbons (Fsp3) is 0.667. The third-order valence-electron chi connectivity index (χ3n) is 2.42. The maximum Gasteiger partial charge on any atom is 0.317 e. The number of urea groups is 1. The first-order valence-electron chi connectivity index (χ1n) is 5.31. The topological polar surface area (TPSA) is 73.9 Å². The average Bonchev–Trinajstić information content (AvgIpc) is 2.83. The van der Waals surface area contributed by atoms with E-state index in [-0.39, 0.29) is 6.03 Å². The molecule has 1 aliphatic heterocycles. The van der Waals surface area contributed by atoms with E-state index in [9.17, 15) is 4.79 Å². The Balaban J connectivity index is 1.67. The van der Waals surface area contributed by atoms with Crippen LogP contribution in [0.15, 0.2) is 6.20 Å². The number of nitrogens with zero attached hydrogens (tertiary/aromatic N) is 3. The number of thioether (sulfide) groups is 1. The molecule has 0 spiro atoms. The van der Waals surface area contributed by atoms with Crippen molar-refractivity contribution in [1.29, 1.82) is 0 Å². The van der Waals surface area contributed by atoms with Crippen LogP contribution >= 0.6 is 11.8 Å². The summed E-state index contributed by atoms with van der Waals surface area (Å²) in [5, 5.41) is 13.1. The molecule has 6 nitrogen and oxygen atoms in total. The Kier molecular flexibility index (Phi) is 4.03. The number of amides is 2. The molecule has 0 aromatic carbocycles. The molecule has 16 heavy (non-hydrogen) atoms. The highest BCUT2D eigenvalue weighted by Gasteiger charge is 2.15. The minimum atomic E-state index is 0.0313. The second kappa shape index (κ2) is 5.74. The van der Waals surface area contributed by atoms with Crippen LogP contribution in [0.5, 0.6) is 0 Å². The maximum atomic E-state index is 11.7. The summed E-state index contributed by atoms with van der Waals surface area (Å²) in [7, 11) is 0. The lowest BCUT2D eigenvalue weighted by molar-refractivity contribution is 0.203. The summed E-state index contributed by atoms with van der Waals surface area (Å²) < 4.78 is 0. The van der Waals surface area contributed by atoms with Gasteiger partial charge in [0.1, 0.15) is 0 Å². The zero-order chi connectivity index (χ0) is 11.2. The predicted molar refractivity (Wildman–Crippen MR) is 62.4 cm³/mol. The van der Waals surface area contributed by atoms with E-state index in [2.05, 4.69) is 20.7 Å². The normalized spacial score (nSPS) is 16.1. The molecule has 2 rings (SSSR count). The SMILES string of the molecule is O=C(NCCc1cn[nH]n1)N1CCSCC1. The quantitative estimate of drug-likeness (QED) is 0.787. The number of carbonyl (C=O) groups excluding carboxylic acids is 1. The van der Waals surface area contributed by atoms with Crippen molar-refractivity contribution in [2.75, 3.05) is 31.1 Å². The first kappa shape index (κ1) is 11.3. The van der Waals surface area contributed by atoms with Crippen molar-refractivity contribution in [3.05, 3.63) is 11.9 Å². The highest BCUT2D eigenvalue weighted by Crippen LogP contribution is 2.08. The van der Waals surface area contributed by atoms with Crippen LogP contribution in [0.2, 0.25) is 0 Å². The minimum absolute atomic E-state index is 0.0313. The van der Waals surface area contributed by atoms with Crippen LogP contribution in [0.25, 0.3) is 0 Å². The highest BCUT2D eigenvalue weighted by molar-refractivity contribution is 7.99. The van der Waals surface area contributed by atoms with Crippen LogP contribution in [0.3, 0.4) is 0 Å². The summed E-state index contributed by atoms with van der Waals surface area (Å²) in [5.41, 5.74) is 0.870. The first-order chi connectivity index (χ1) is 7.86. The van der Waals surface area contributed by atoms with Gasteiger partial charge in [0.25, 0.3) is 0 Å². The van der Waals surface area contributed by atoms with Crippen molar-refractivity contribution in [3.8, 4) is 0 Å². The Morgan fingerprint density at radius 1 is 1.56 bits per heavy atom. The summed E-state index contributed by atoms with van der Waals surface area (Å²) in [6.07, 6.45) is 2.38. The fourth-order valence-corrected chi connectivity index (χ4v) is 2.42. The lowest BCUT2D eigenvalue weighted by Gasteiger charge is -2.26. The Hall–Kier alpha value is -1.24. The monoisotopic (exact) mass is 241 g/mol. The molecule has 7 heteroatoms. The second-order valence-electron chi connectivity index (χ2n) is 3.54. The second-order valence-corrected chi connectivity index (χ2v) is 4.77. The van der Waals surface area contributed by atoms with E-state index in [4.69, 9.17) is 0 Å². The molecule has 0 bridgehead atoms. The van der Waals surface area contributed by atoms with Crippen LogP contribution in [-0.4, -0.2) is 57.5 Å². The third kappa shape index (κ3) is 3.13. The molecule has 1 fully saturated rings. The molecule has 2 heterocycles. The van der Waals surface area contributed by atoms with Gasteiger partial charge in [-0.2, -0.15) is 27.2 Å². The van der Waals surface area contributed by atoms with Gasteiger partial charge in [0.15, 0.2) is 0 Å². The number of nitrogens with one attached hydrogen (secondary N) is 2. The molecule has 0 unspecified atom stereocenters. The lowest BCUT2D eigenvalue weighted by atomic mass is 10.3. The molecular formula is C9H15N5OS. The number of H-pyrrole nitrogens is 1. The largest absolute Gasteiger partial charge is 0.338 e. The molecule has 88 valence electrons. The van der Waals surface area contributed by atoms with E-state index in [0.29, 0.717) is 13.0 Å². The maximum absolute atomic E-state index is 11.7. The lowest BCUT2D eigenvalue weighted by Crippen LogP contribution is -2.44. The smallest absolute Gasteiger partial charge is 0.317 e. The van der Waals surface area contributed by atoms with E-state index >= 15 is 0 Å². The Labute approximate surface area is 98.2 Å². The molecule has 1 saturated heterocycles. The van der Waals surface area contributed by atoms with Crippen LogP contribution in [-0.2, 0) is 6.42 Å². The summed E-state index contributed by atoms with van der Waals surface area (Å²) in [4.78, 5) is 13.5. The fourth-order valence-electron chi connectivity index (χ4n) is 1.52. The zero-order valence-electron chi connectivity index (χ0n) is 8.98. The number of hydrogen-bond acceptors (Lipinski definition) is 4. The Bertz CT molecular complexity index is 323. The first-order valence-corrected chi connectivity index (χ1v) is 6.47. The Morgan fingerprint density at radius 2 is 2.38 bits per heavy atom. The van der Waals surface area contributed by atoms with Gasteiger partial charge in [-0.1, -0.05) is 0 Å². The van der Waals surface area contributed by atoms with E-state index in [0.717, 1.165) is 30.3 Å². The summed E-state index contributed by atoms with van der Waals surface area (Å²) >= 11 is 1.89. The zero-order valence-corrected chi connectivity index (χ0v) is 9.79. The van der Waals surface area contributed by atoms with E-state index in [1.165, 1.54) is 0 Å². The molecule has 1 aromatic rings. The van der Waals surface area contributed by atoms with Crippen LogP contribution in [0, 0.1) is 0 Å². The van der Waals surface area contributed by atoms with Gasteiger partial charge < -0.3 is 10.2 Å². The van der Waals surface area contributed by atoms with E-state index < -0.39 is 0 Å². The third-order valence-corrected chi connectivity index (χ3v) is 3.36. The van der Waals surface area contributed by atoms with Crippen LogP contribution < -0.4 is 5.32 Å². The molecule has 0 aliphatic carbocycles. The molecule has 0 atom stereocenters. The van der Waals surface area contributed by atoms with E-state index in [1.54, 1.807) is 6.20 Å². The molecule has 0 saturated carbocycles. The van der Waals surface area contributed by atoms with E-state index in [1.807, 2.05) is 16.7 Å². The number of rotatable bonds is 3. The number of hydrogen-bond donors (Lipinski definition) is 2. The van der Waals surface area contributed by atoms with Gasteiger partial charge in [0.2, 0.25) is 0 Å². The van der Waals surface area contributed by atoms with Crippen molar-refractivity contribution in [2.24, 2.45) is 0 Å². The van der Waals surface area contributed by atoms with Gasteiger partial charge in [-0.25, -0.2) is 4.79 Å². The number of aromatic amines is 1. The standard InChI is InChI=1S/C9H15N5OS/c15-9(14-3-5-16-6-4-14)10-2-1-8-7-11-13-12-8/h7H,1-6H2,(H,10,15)(H,11,12,13). The van der Waals surface area contributed by atoms with Gasteiger partial charge in [0, 0.05) is 37.6 Å². The highest BCUT2D eigenvalue weighted by atomic mass is 32.2. The number of carbonyl (C=O) groups is 1. The molecule has 1 aliphatic rings. The van der Waals surface area contributed by atoms with Crippen molar-refractivity contribution in [2.45, 2.75) is 6.42 Å². The summed E-state index contributed by atoms with van der Waals surface area (Å²) in [6.45, 7) is 2.30. The van der Waals surface area contributed by atoms with Gasteiger partial charge in [-0.3, -0.25) is 0 Å². The number of aromatic nitrogens is 3. The van der Waals surface area contributed by atoms with Crippen LogP contribution in [0.1, 0.15) is 5.69 Å². The van der Waals surface area contributed by atoms with Crippen molar-refractivity contribution in [3.63, 3.8) is 0 Å². The van der Waals surface area contributed by atoms with Gasteiger partial charge in [-0.15, -0.1) is 0 Å². The molecule has 0 radical (unpaired) electrons.